The molecule has 1 rings (SSSR count). The SMILES string of the molecule is CCc1nc(OCC#N)cc(C(C)C)n1. The molecule has 0 radical (unpaired) electrons. The van der Waals surface area contributed by atoms with Gasteiger partial charge in [-0.05, 0) is 5.92 Å². The number of aryl methyl sites for hydroxylation is 1. The third-order valence-corrected chi connectivity index (χ3v) is 1.96. The van der Waals surface area contributed by atoms with Crippen molar-refractivity contribution < 1.29 is 4.74 Å². The molecule has 4 heteroatoms. The van der Waals surface area contributed by atoms with Gasteiger partial charge in [-0.25, -0.2) is 4.98 Å². The molecule has 0 fully saturated rings. The van der Waals surface area contributed by atoms with Gasteiger partial charge in [0.25, 0.3) is 0 Å². The number of nitrogens with zero attached hydrogens (tertiary/aromatic N) is 3. The van der Waals surface area contributed by atoms with E-state index >= 15 is 0 Å². The lowest BCUT2D eigenvalue weighted by molar-refractivity contribution is 0.350. The highest BCUT2D eigenvalue weighted by molar-refractivity contribution is 5.19. The zero-order valence-corrected chi connectivity index (χ0v) is 9.32. The van der Waals surface area contributed by atoms with Gasteiger partial charge < -0.3 is 4.74 Å². The first-order valence-corrected chi connectivity index (χ1v) is 5.05. The summed E-state index contributed by atoms with van der Waals surface area (Å²) in [6.45, 7) is 6.15. The largest absolute Gasteiger partial charge is 0.462 e. The Labute approximate surface area is 89.9 Å². The van der Waals surface area contributed by atoms with Crippen molar-refractivity contribution in [2.75, 3.05) is 6.61 Å². The van der Waals surface area contributed by atoms with Gasteiger partial charge in [-0.2, -0.15) is 10.2 Å². The Morgan fingerprint density at radius 1 is 1.47 bits per heavy atom. The van der Waals surface area contributed by atoms with E-state index in [9.17, 15) is 0 Å². The van der Waals surface area contributed by atoms with E-state index in [4.69, 9.17) is 10.00 Å². The van der Waals surface area contributed by atoms with Crippen molar-refractivity contribution in [3.63, 3.8) is 0 Å². The van der Waals surface area contributed by atoms with Gasteiger partial charge in [0.1, 0.15) is 11.9 Å². The average molecular weight is 205 g/mol. The second kappa shape index (κ2) is 5.30. The van der Waals surface area contributed by atoms with Crippen molar-refractivity contribution in [2.24, 2.45) is 0 Å². The molecule has 80 valence electrons. The van der Waals surface area contributed by atoms with Gasteiger partial charge in [0.05, 0.1) is 5.69 Å². The van der Waals surface area contributed by atoms with Gasteiger partial charge in [-0.3, -0.25) is 0 Å². The monoisotopic (exact) mass is 205 g/mol. The summed E-state index contributed by atoms with van der Waals surface area (Å²) in [5.41, 5.74) is 0.954. The van der Waals surface area contributed by atoms with E-state index in [1.54, 1.807) is 6.07 Å². The van der Waals surface area contributed by atoms with Crippen LogP contribution in [-0.4, -0.2) is 16.6 Å². The molecule has 1 heterocycles. The summed E-state index contributed by atoms with van der Waals surface area (Å²) >= 11 is 0. The van der Waals surface area contributed by atoms with Crippen LogP contribution < -0.4 is 4.74 Å². The summed E-state index contributed by atoms with van der Waals surface area (Å²) in [6, 6.07) is 3.71. The molecule has 4 nitrogen and oxygen atoms in total. The molecule has 0 atom stereocenters. The van der Waals surface area contributed by atoms with Crippen molar-refractivity contribution in [2.45, 2.75) is 33.1 Å². The molecule has 0 saturated heterocycles. The summed E-state index contributed by atoms with van der Waals surface area (Å²) in [5, 5.41) is 8.41. The van der Waals surface area contributed by atoms with E-state index in [1.165, 1.54) is 0 Å². The van der Waals surface area contributed by atoms with Crippen molar-refractivity contribution in [3.05, 3.63) is 17.6 Å². The van der Waals surface area contributed by atoms with Crippen LogP contribution in [0.2, 0.25) is 0 Å². The van der Waals surface area contributed by atoms with Crippen molar-refractivity contribution in [1.29, 1.82) is 5.26 Å². The molecule has 0 saturated carbocycles. The van der Waals surface area contributed by atoms with Crippen LogP contribution in [0.15, 0.2) is 6.07 Å². The highest BCUT2D eigenvalue weighted by Crippen LogP contribution is 2.17. The maximum absolute atomic E-state index is 8.41. The average Bonchev–Trinajstić information content (AvgIpc) is 2.25. The number of nitriles is 1. The molecule has 0 aliphatic carbocycles. The standard InChI is InChI=1S/C11H15N3O/c1-4-10-13-9(8(2)3)7-11(14-10)15-6-5-12/h7-8H,4,6H2,1-3H3. The highest BCUT2D eigenvalue weighted by atomic mass is 16.5. The molecule has 0 aromatic carbocycles. The molecule has 1 aromatic rings. The Morgan fingerprint density at radius 3 is 2.73 bits per heavy atom. The second-order valence-electron chi connectivity index (χ2n) is 3.50. The van der Waals surface area contributed by atoms with Gasteiger partial charge in [0.2, 0.25) is 5.88 Å². The summed E-state index contributed by atoms with van der Waals surface area (Å²) < 4.78 is 5.18. The van der Waals surface area contributed by atoms with Crippen molar-refractivity contribution in [1.82, 2.24) is 9.97 Å². The van der Waals surface area contributed by atoms with E-state index in [0.717, 1.165) is 17.9 Å². The van der Waals surface area contributed by atoms with Crippen LogP contribution in [0.25, 0.3) is 0 Å². The van der Waals surface area contributed by atoms with E-state index in [0.29, 0.717) is 11.8 Å². The zero-order chi connectivity index (χ0) is 11.3. The van der Waals surface area contributed by atoms with Gasteiger partial charge in [-0.15, -0.1) is 0 Å². The first-order chi connectivity index (χ1) is 7.17. The molecule has 0 aliphatic heterocycles. The molecule has 0 N–H and O–H groups in total. The number of ether oxygens (including phenoxy) is 1. The fourth-order valence-corrected chi connectivity index (χ4v) is 1.13. The van der Waals surface area contributed by atoms with Gasteiger partial charge >= 0.3 is 0 Å². The van der Waals surface area contributed by atoms with Crippen LogP contribution in [0.3, 0.4) is 0 Å². The van der Waals surface area contributed by atoms with Gasteiger partial charge in [-0.1, -0.05) is 20.8 Å². The molecule has 0 bridgehead atoms. The predicted octanol–water partition coefficient (Wildman–Crippen LogP) is 2.06. The fraction of sp³-hybridized carbons (Fsp3) is 0.545. The molecule has 0 aliphatic rings. The number of hydrogen-bond acceptors (Lipinski definition) is 4. The molecule has 0 amide bonds. The first kappa shape index (κ1) is 11.4. The third kappa shape index (κ3) is 3.21. The van der Waals surface area contributed by atoms with Crippen LogP contribution in [0, 0.1) is 11.3 Å². The summed E-state index contributed by atoms with van der Waals surface area (Å²) in [4.78, 5) is 8.57. The molecular weight excluding hydrogens is 190 g/mol. The predicted molar refractivity (Wildman–Crippen MR) is 56.6 cm³/mol. The number of rotatable bonds is 4. The molecule has 0 unspecified atom stereocenters. The topological polar surface area (TPSA) is 58.8 Å². The maximum Gasteiger partial charge on any atom is 0.217 e. The first-order valence-electron chi connectivity index (χ1n) is 5.05. The molecule has 0 spiro atoms. The Bertz CT molecular complexity index is 369. The third-order valence-electron chi connectivity index (χ3n) is 1.96. The Morgan fingerprint density at radius 2 is 2.20 bits per heavy atom. The van der Waals surface area contributed by atoms with E-state index in [-0.39, 0.29) is 6.61 Å². The molecular formula is C11H15N3O. The van der Waals surface area contributed by atoms with Gasteiger partial charge in [0.15, 0.2) is 6.61 Å². The second-order valence-corrected chi connectivity index (χ2v) is 3.50. The normalized spacial score (nSPS) is 10.1. The van der Waals surface area contributed by atoms with Crippen LogP contribution in [-0.2, 0) is 6.42 Å². The number of aromatic nitrogens is 2. The Balaban J connectivity index is 2.96. The fourth-order valence-electron chi connectivity index (χ4n) is 1.13. The van der Waals surface area contributed by atoms with E-state index < -0.39 is 0 Å². The molecule has 15 heavy (non-hydrogen) atoms. The lowest BCUT2D eigenvalue weighted by Crippen LogP contribution is -2.04. The lowest BCUT2D eigenvalue weighted by atomic mass is 10.1. The van der Waals surface area contributed by atoms with Crippen LogP contribution in [0.5, 0.6) is 5.88 Å². The summed E-state index contributed by atoms with van der Waals surface area (Å²) in [5.74, 6) is 1.59. The minimum atomic E-state index is 0.0255. The van der Waals surface area contributed by atoms with Crippen molar-refractivity contribution in [3.8, 4) is 11.9 Å². The zero-order valence-electron chi connectivity index (χ0n) is 9.32. The lowest BCUT2D eigenvalue weighted by Gasteiger charge is -2.08. The minimum absolute atomic E-state index is 0.0255. The number of hydrogen-bond donors (Lipinski definition) is 0. The quantitative estimate of drug-likeness (QED) is 0.755. The van der Waals surface area contributed by atoms with Crippen molar-refractivity contribution >= 4 is 0 Å². The van der Waals surface area contributed by atoms with Crippen LogP contribution in [0.4, 0.5) is 0 Å². The Kier molecular flexibility index (Phi) is 4.04. The summed E-state index contributed by atoms with van der Waals surface area (Å²) in [7, 11) is 0. The van der Waals surface area contributed by atoms with Crippen LogP contribution >= 0.6 is 0 Å². The Hall–Kier alpha value is -1.63. The summed E-state index contributed by atoms with van der Waals surface area (Å²) in [6.07, 6.45) is 0.767. The van der Waals surface area contributed by atoms with Crippen LogP contribution in [0.1, 0.15) is 38.2 Å². The van der Waals surface area contributed by atoms with E-state index in [2.05, 4.69) is 23.8 Å². The minimum Gasteiger partial charge on any atom is -0.462 e. The maximum atomic E-state index is 8.41. The molecule has 1 aromatic heterocycles. The van der Waals surface area contributed by atoms with E-state index in [1.807, 2.05) is 13.0 Å². The smallest absolute Gasteiger partial charge is 0.217 e. The highest BCUT2D eigenvalue weighted by Gasteiger charge is 2.07. The van der Waals surface area contributed by atoms with Gasteiger partial charge in [0, 0.05) is 12.5 Å².